The Bertz CT molecular complexity index is 468. The fourth-order valence-electron chi connectivity index (χ4n) is 2.10. The van der Waals surface area contributed by atoms with Crippen LogP contribution < -0.4 is 9.80 Å². The van der Waals surface area contributed by atoms with Gasteiger partial charge in [-0.05, 0) is 12.1 Å². The van der Waals surface area contributed by atoms with E-state index in [0.717, 1.165) is 29.6 Å². The summed E-state index contributed by atoms with van der Waals surface area (Å²) in [7, 11) is 2.25. The molecular weight excluding hydrogens is 232 g/mol. The predicted molar refractivity (Wildman–Crippen MR) is 70.7 cm³/mol. The Kier molecular flexibility index (Phi) is 2.86. The number of nitrogens with zero attached hydrogens (tertiary/aromatic N) is 2. The summed E-state index contributed by atoms with van der Waals surface area (Å²) in [5.74, 6) is 0. The first kappa shape index (κ1) is 10.8. The average Bonchev–Trinajstić information content (AvgIpc) is 3.00. The van der Waals surface area contributed by atoms with E-state index >= 15 is 0 Å². The summed E-state index contributed by atoms with van der Waals surface area (Å²) in [6.07, 6.45) is 1.94. The second-order valence-corrected chi connectivity index (χ2v) is 5.38. The van der Waals surface area contributed by atoms with Crippen molar-refractivity contribution in [2.24, 2.45) is 0 Å². The average molecular weight is 249 g/mol. The Morgan fingerprint density at radius 3 is 2.94 bits per heavy atom. The van der Waals surface area contributed by atoms with Gasteiger partial charge in [0, 0.05) is 11.6 Å². The van der Waals surface area contributed by atoms with E-state index in [-0.39, 0.29) is 0 Å². The van der Waals surface area contributed by atoms with Crippen molar-refractivity contribution in [3.05, 3.63) is 23.7 Å². The number of H-pyrrole nitrogens is 1. The fourth-order valence-corrected chi connectivity index (χ4v) is 2.98. The van der Waals surface area contributed by atoms with Gasteiger partial charge in [0.2, 0.25) is 0 Å². The van der Waals surface area contributed by atoms with Crippen LogP contribution in [0, 0.1) is 0 Å². The molecule has 1 aliphatic heterocycles. The van der Waals surface area contributed by atoms with E-state index in [1.807, 2.05) is 12.3 Å². The molecule has 90 valence electrons. The van der Waals surface area contributed by atoms with Crippen LogP contribution in [0.5, 0.6) is 0 Å². The van der Waals surface area contributed by atoms with Crippen molar-refractivity contribution < 1.29 is 4.90 Å². The minimum absolute atomic E-state index is 1.06. The van der Waals surface area contributed by atoms with Crippen molar-refractivity contribution in [3.63, 3.8) is 0 Å². The van der Waals surface area contributed by atoms with Gasteiger partial charge in [-0.1, -0.05) is 0 Å². The quantitative estimate of drug-likeness (QED) is 0.812. The fraction of sp³-hybridized carbons (Fsp3) is 0.417. The molecule has 0 amide bonds. The van der Waals surface area contributed by atoms with Crippen molar-refractivity contribution in [1.29, 1.82) is 0 Å². The lowest BCUT2D eigenvalue weighted by molar-refractivity contribution is -0.880. The zero-order chi connectivity index (χ0) is 11.7. The number of hydrogen-bond acceptors (Lipinski definition) is 3. The zero-order valence-electron chi connectivity index (χ0n) is 9.94. The maximum atomic E-state index is 4.71. The van der Waals surface area contributed by atoms with Crippen LogP contribution in [0.1, 0.15) is 0 Å². The van der Waals surface area contributed by atoms with Crippen LogP contribution >= 0.6 is 11.3 Å². The Hall–Kier alpha value is -1.33. The first-order valence-electron chi connectivity index (χ1n) is 5.98. The first-order valence-corrected chi connectivity index (χ1v) is 6.86. The van der Waals surface area contributed by atoms with Crippen LogP contribution in [0.2, 0.25) is 0 Å². The largest absolute Gasteiger partial charge is 0.360 e. The summed E-state index contributed by atoms with van der Waals surface area (Å²) in [6, 6.07) is 4.07. The number of aromatic amines is 1. The summed E-state index contributed by atoms with van der Waals surface area (Å²) in [6.45, 7) is 4.64. The van der Waals surface area contributed by atoms with Gasteiger partial charge in [-0.15, -0.1) is 11.3 Å². The first-order chi connectivity index (χ1) is 8.33. The van der Waals surface area contributed by atoms with Crippen LogP contribution in [0.3, 0.4) is 0 Å². The van der Waals surface area contributed by atoms with Gasteiger partial charge in [0.05, 0.1) is 44.6 Å². The Labute approximate surface area is 105 Å². The topological polar surface area (TPSA) is 36.4 Å². The standard InChI is InChI=1S/C12H16N4S/c1-15-5-7-16(8-6-15)12-14-11(9-17-12)10-3-2-4-13-10/h2-4,9,13H,5-8H2,1H3/p+1. The molecule has 3 rings (SSSR count). The van der Waals surface area contributed by atoms with Crippen molar-refractivity contribution >= 4 is 16.5 Å². The second-order valence-electron chi connectivity index (χ2n) is 4.54. The smallest absolute Gasteiger partial charge is 0.186 e. The van der Waals surface area contributed by atoms with Gasteiger partial charge in [0.15, 0.2) is 5.13 Å². The number of piperazine rings is 1. The van der Waals surface area contributed by atoms with Crippen LogP contribution in [0.15, 0.2) is 23.7 Å². The lowest BCUT2D eigenvalue weighted by Gasteiger charge is -2.29. The summed E-state index contributed by atoms with van der Waals surface area (Å²) >= 11 is 1.74. The molecule has 1 fully saturated rings. The second kappa shape index (κ2) is 4.50. The predicted octanol–water partition coefficient (Wildman–Crippen LogP) is 0.473. The highest BCUT2D eigenvalue weighted by atomic mass is 32.1. The number of thiazole rings is 1. The summed E-state index contributed by atoms with van der Waals surface area (Å²) in [5, 5.41) is 3.29. The van der Waals surface area contributed by atoms with E-state index in [0.29, 0.717) is 0 Å². The molecule has 0 aromatic carbocycles. The highest BCUT2D eigenvalue weighted by Crippen LogP contribution is 2.26. The number of rotatable bonds is 2. The lowest BCUT2D eigenvalue weighted by Crippen LogP contribution is -3.12. The van der Waals surface area contributed by atoms with Crippen LogP contribution in [0.25, 0.3) is 11.4 Å². The molecule has 1 aliphatic rings. The van der Waals surface area contributed by atoms with Gasteiger partial charge < -0.3 is 14.8 Å². The van der Waals surface area contributed by atoms with Gasteiger partial charge in [-0.25, -0.2) is 4.98 Å². The molecule has 0 atom stereocenters. The van der Waals surface area contributed by atoms with E-state index in [1.54, 1.807) is 16.2 Å². The van der Waals surface area contributed by atoms with Crippen LogP contribution in [0.4, 0.5) is 5.13 Å². The van der Waals surface area contributed by atoms with E-state index in [9.17, 15) is 0 Å². The third kappa shape index (κ3) is 2.21. The van der Waals surface area contributed by atoms with Crippen molar-refractivity contribution in [1.82, 2.24) is 9.97 Å². The third-order valence-electron chi connectivity index (χ3n) is 3.25. The van der Waals surface area contributed by atoms with Crippen molar-refractivity contribution in [2.75, 3.05) is 38.1 Å². The van der Waals surface area contributed by atoms with Gasteiger partial charge in [-0.3, -0.25) is 0 Å². The zero-order valence-corrected chi connectivity index (χ0v) is 10.8. The monoisotopic (exact) mass is 249 g/mol. The van der Waals surface area contributed by atoms with Crippen molar-refractivity contribution in [3.8, 4) is 11.4 Å². The minimum Gasteiger partial charge on any atom is -0.360 e. The summed E-state index contributed by atoms with van der Waals surface area (Å²) in [5.41, 5.74) is 2.16. The van der Waals surface area contributed by atoms with E-state index < -0.39 is 0 Å². The molecule has 0 saturated carbocycles. The molecule has 0 radical (unpaired) electrons. The minimum atomic E-state index is 1.06. The Morgan fingerprint density at radius 1 is 1.41 bits per heavy atom. The van der Waals surface area contributed by atoms with Crippen LogP contribution in [-0.2, 0) is 0 Å². The molecule has 0 aliphatic carbocycles. The van der Waals surface area contributed by atoms with Gasteiger partial charge in [-0.2, -0.15) is 0 Å². The maximum absolute atomic E-state index is 4.71. The number of anilines is 1. The normalized spacial score (nSPS) is 17.6. The van der Waals surface area contributed by atoms with Crippen LogP contribution in [-0.4, -0.2) is 43.2 Å². The summed E-state index contributed by atoms with van der Waals surface area (Å²) < 4.78 is 0. The molecular formula is C12H17N4S+. The molecule has 2 aromatic heterocycles. The highest BCUT2D eigenvalue weighted by Gasteiger charge is 2.19. The van der Waals surface area contributed by atoms with E-state index in [1.165, 1.54) is 13.1 Å². The van der Waals surface area contributed by atoms with E-state index in [4.69, 9.17) is 4.98 Å². The third-order valence-corrected chi connectivity index (χ3v) is 4.15. The van der Waals surface area contributed by atoms with Gasteiger partial charge >= 0.3 is 0 Å². The molecule has 0 bridgehead atoms. The van der Waals surface area contributed by atoms with Gasteiger partial charge in [0.1, 0.15) is 0 Å². The van der Waals surface area contributed by atoms with Crippen molar-refractivity contribution in [2.45, 2.75) is 0 Å². The molecule has 0 spiro atoms. The number of quaternary nitrogens is 1. The number of aromatic nitrogens is 2. The van der Waals surface area contributed by atoms with E-state index in [2.05, 4.69) is 28.4 Å². The molecule has 17 heavy (non-hydrogen) atoms. The SMILES string of the molecule is C[NH+]1CCN(c2nc(-c3ccc[nH]3)cs2)CC1. The lowest BCUT2D eigenvalue weighted by atomic mass is 10.3. The molecule has 1 saturated heterocycles. The number of hydrogen-bond donors (Lipinski definition) is 2. The maximum Gasteiger partial charge on any atom is 0.186 e. The molecule has 5 heteroatoms. The Morgan fingerprint density at radius 2 is 2.24 bits per heavy atom. The molecule has 2 N–H and O–H groups in total. The number of likely N-dealkylation sites (N-methyl/N-ethyl adjacent to an activating group) is 1. The highest BCUT2D eigenvalue weighted by molar-refractivity contribution is 7.14. The van der Waals surface area contributed by atoms with Gasteiger partial charge in [0.25, 0.3) is 0 Å². The molecule has 4 nitrogen and oxygen atoms in total. The molecule has 0 unspecified atom stereocenters. The molecule has 2 aromatic rings. The Balaban J connectivity index is 1.76. The molecule has 3 heterocycles. The number of nitrogens with one attached hydrogen (secondary N) is 2. The summed E-state index contributed by atoms with van der Waals surface area (Å²) in [4.78, 5) is 11.9.